The first-order valence-electron chi connectivity index (χ1n) is 11.5. The van der Waals surface area contributed by atoms with Crippen LogP contribution in [0.2, 0.25) is 0 Å². The summed E-state index contributed by atoms with van der Waals surface area (Å²) in [6.07, 6.45) is 2.31. The first-order valence-corrected chi connectivity index (χ1v) is 11.5. The maximum absolute atomic E-state index is 10.4. The highest BCUT2D eigenvalue weighted by Crippen LogP contribution is 2.26. The van der Waals surface area contributed by atoms with E-state index in [1.54, 1.807) is 20.2 Å². The number of nitrogens with one attached hydrogen (secondary N) is 2. The van der Waals surface area contributed by atoms with E-state index in [1.807, 2.05) is 54.8 Å². The zero-order valence-electron chi connectivity index (χ0n) is 20.1. The van der Waals surface area contributed by atoms with E-state index in [4.69, 9.17) is 4.98 Å². The van der Waals surface area contributed by atoms with Gasteiger partial charge in [0.15, 0.2) is 17.0 Å². The van der Waals surface area contributed by atoms with E-state index in [9.17, 15) is 10.2 Å². The Hall–Kier alpha value is -3.65. The van der Waals surface area contributed by atoms with Crippen molar-refractivity contribution in [2.75, 3.05) is 10.6 Å². The SMILES string of the molecule is Cc1cccc(CNc2nc(NC(C)CC(C)(C)O)nc3c2ncn3Cc2ccccc2)c1O. The predicted molar refractivity (Wildman–Crippen MR) is 135 cm³/mol. The highest BCUT2D eigenvalue weighted by Gasteiger charge is 2.20. The minimum Gasteiger partial charge on any atom is -0.507 e. The first-order chi connectivity index (χ1) is 16.2. The quantitative estimate of drug-likeness (QED) is 0.292. The lowest BCUT2D eigenvalue weighted by molar-refractivity contribution is 0.0672. The Morgan fingerprint density at radius 2 is 1.82 bits per heavy atom. The molecule has 0 bridgehead atoms. The monoisotopic (exact) mass is 460 g/mol. The Bertz CT molecular complexity index is 1260. The molecule has 8 heteroatoms. The number of fused-ring (bicyclic) bond motifs is 1. The molecule has 0 aliphatic carbocycles. The van der Waals surface area contributed by atoms with Gasteiger partial charge < -0.3 is 25.4 Å². The molecule has 178 valence electrons. The Labute approximate surface area is 199 Å². The molecule has 0 radical (unpaired) electrons. The zero-order chi connectivity index (χ0) is 24.3. The van der Waals surface area contributed by atoms with Crippen molar-refractivity contribution >= 4 is 22.9 Å². The molecule has 2 aromatic carbocycles. The van der Waals surface area contributed by atoms with Crippen molar-refractivity contribution in [1.29, 1.82) is 0 Å². The van der Waals surface area contributed by atoms with E-state index in [0.29, 0.717) is 42.4 Å². The van der Waals surface area contributed by atoms with Gasteiger partial charge in [-0.25, -0.2) is 4.98 Å². The van der Waals surface area contributed by atoms with Crippen molar-refractivity contribution < 1.29 is 10.2 Å². The minimum absolute atomic E-state index is 0.0448. The van der Waals surface area contributed by atoms with Gasteiger partial charge in [-0.1, -0.05) is 48.5 Å². The Balaban J connectivity index is 1.68. The average molecular weight is 461 g/mol. The summed E-state index contributed by atoms with van der Waals surface area (Å²) in [5.41, 5.74) is 3.29. The summed E-state index contributed by atoms with van der Waals surface area (Å²) in [5.74, 6) is 1.30. The fraction of sp³-hybridized carbons (Fsp3) is 0.346. The normalized spacial score (nSPS) is 12.6. The number of imidazole rings is 1. The molecule has 4 rings (SSSR count). The number of nitrogens with zero attached hydrogens (tertiary/aromatic N) is 4. The molecule has 0 aliphatic heterocycles. The van der Waals surface area contributed by atoms with Gasteiger partial charge in [-0.3, -0.25) is 0 Å². The van der Waals surface area contributed by atoms with Crippen molar-refractivity contribution in [3.63, 3.8) is 0 Å². The van der Waals surface area contributed by atoms with E-state index in [-0.39, 0.29) is 11.8 Å². The number of benzene rings is 2. The highest BCUT2D eigenvalue weighted by atomic mass is 16.3. The van der Waals surface area contributed by atoms with E-state index >= 15 is 0 Å². The van der Waals surface area contributed by atoms with Crippen LogP contribution in [0.3, 0.4) is 0 Å². The van der Waals surface area contributed by atoms with Crippen LogP contribution in [-0.4, -0.2) is 41.4 Å². The number of anilines is 2. The van der Waals surface area contributed by atoms with Crippen LogP contribution in [0.1, 0.15) is 43.9 Å². The van der Waals surface area contributed by atoms with Crippen LogP contribution in [-0.2, 0) is 13.1 Å². The minimum atomic E-state index is -0.810. The summed E-state index contributed by atoms with van der Waals surface area (Å²) in [4.78, 5) is 14.0. The van der Waals surface area contributed by atoms with Crippen LogP contribution >= 0.6 is 0 Å². The van der Waals surface area contributed by atoms with Gasteiger partial charge >= 0.3 is 0 Å². The molecular formula is C26H32N6O2. The molecule has 4 N–H and O–H groups in total. The molecule has 0 saturated heterocycles. The van der Waals surface area contributed by atoms with Crippen molar-refractivity contribution in [3.8, 4) is 5.75 Å². The molecule has 0 fully saturated rings. The Morgan fingerprint density at radius 1 is 1.06 bits per heavy atom. The maximum Gasteiger partial charge on any atom is 0.226 e. The molecule has 8 nitrogen and oxygen atoms in total. The molecule has 0 amide bonds. The average Bonchev–Trinajstić information content (AvgIpc) is 3.16. The standard InChI is InChI=1S/C26H32N6O2/c1-17-9-8-12-20(22(17)33)14-27-23-21-24(31-25(30-23)29-18(2)13-26(3,4)34)32(16-28-21)15-19-10-6-5-7-11-19/h5-12,16,18,33-34H,13-15H2,1-4H3,(H2,27,29,30,31). The lowest BCUT2D eigenvalue weighted by Crippen LogP contribution is -2.29. The van der Waals surface area contributed by atoms with Crippen molar-refractivity contribution in [2.45, 2.75) is 58.8 Å². The van der Waals surface area contributed by atoms with Gasteiger partial charge in [-0.15, -0.1) is 0 Å². The fourth-order valence-electron chi connectivity index (χ4n) is 4.09. The second-order valence-corrected chi connectivity index (χ2v) is 9.42. The second-order valence-electron chi connectivity index (χ2n) is 9.42. The lowest BCUT2D eigenvalue weighted by Gasteiger charge is -2.23. The van der Waals surface area contributed by atoms with Crippen molar-refractivity contribution in [1.82, 2.24) is 19.5 Å². The number of hydrogen-bond donors (Lipinski definition) is 4. The molecule has 2 aromatic heterocycles. The number of phenolic OH excluding ortho intramolecular Hbond substituents is 1. The van der Waals surface area contributed by atoms with E-state index in [0.717, 1.165) is 16.7 Å². The number of aromatic nitrogens is 4. The fourth-order valence-corrected chi connectivity index (χ4v) is 4.09. The molecule has 0 aliphatic rings. The molecular weight excluding hydrogens is 428 g/mol. The third kappa shape index (κ3) is 5.63. The summed E-state index contributed by atoms with van der Waals surface area (Å²) < 4.78 is 1.99. The summed E-state index contributed by atoms with van der Waals surface area (Å²) in [6, 6.07) is 15.8. The van der Waals surface area contributed by atoms with Gasteiger partial charge in [0.1, 0.15) is 5.75 Å². The number of aliphatic hydroxyl groups is 1. The Kier molecular flexibility index (Phi) is 6.70. The highest BCUT2D eigenvalue weighted by molar-refractivity contribution is 5.84. The van der Waals surface area contributed by atoms with Crippen LogP contribution in [0.25, 0.3) is 11.2 Å². The summed E-state index contributed by atoms with van der Waals surface area (Å²) in [7, 11) is 0. The molecule has 2 heterocycles. The van der Waals surface area contributed by atoms with Crippen LogP contribution in [0.15, 0.2) is 54.9 Å². The first kappa shape index (κ1) is 23.5. The van der Waals surface area contributed by atoms with Crippen LogP contribution in [0, 0.1) is 6.92 Å². The van der Waals surface area contributed by atoms with E-state index < -0.39 is 5.60 Å². The molecule has 0 saturated carbocycles. The third-order valence-electron chi connectivity index (χ3n) is 5.61. The number of aryl methyl sites for hydroxylation is 1. The van der Waals surface area contributed by atoms with E-state index in [2.05, 4.69) is 32.7 Å². The van der Waals surface area contributed by atoms with E-state index in [1.165, 1.54) is 0 Å². The molecule has 1 atom stereocenters. The Morgan fingerprint density at radius 3 is 2.56 bits per heavy atom. The van der Waals surface area contributed by atoms with Crippen LogP contribution in [0.4, 0.5) is 11.8 Å². The largest absolute Gasteiger partial charge is 0.507 e. The van der Waals surface area contributed by atoms with Gasteiger partial charge in [0.2, 0.25) is 5.95 Å². The third-order valence-corrected chi connectivity index (χ3v) is 5.61. The summed E-state index contributed by atoms with van der Waals surface area (Å²) >= 11 is 0. The van der Waals surface area contributed by atoms with Gasteiger partial charge in [-0.2, -0.15) is 9.97 Å². The molecule has 1 unspecified atom stereocenters. The predicted octanol–water partition coefficient (Wildman–Crippen LogP) is 4.46. The number of rotatable bonds is 9. The van der Waals surface area contributed by atoms with Gasteiger partial charge in [0.05, 0.1) is 18.5 Å². The smallest absolute Gasteiger partial charge is 0.226 e. The number of hydrogen-bond acceptors (Lipinski definition) is 7. The molecule has 4 aromatic rings. The lowest BCUT2D eigenvalue weighted by atomic mass is 10.0. The summed E-state index contributed by atoms with van der Waals surface area (Å²) in [5, 5.41) is 27.3. The van der Waals surface area contributed by atoms with Gasteiger partial charge in [-0.05, 0) is 45.2 Å². The van der Waals surface area contributed by atoms with Crippen molar-refractivity contribution in [2.24, 2.45) is 0 Å². The second kappa shape index (κ2) is 9.69. The number of aromatic hydroxyl groups is 1. The van der Waals surface area contributed by atoms with Crippen LogP contribution in [0.5, 0.6) is 5.75 Å². The molecule has 0 spiro atoms. The van der Waals surface area contributed by atoms with Crippen molar-refractivity contribution in [3.05, 3.63) is 71.5 Å². The molecule has 34 heavy (non-hydrogen) atoms. The van der Waals surface area contributed by atoms with Gasteiger partial charge in [0.25, 0.3) is 0 Å². The van der Waals surface area contributed by atoms with Crippen LogP contribution < -0.4 is 10.6 Å². The topological polar surface area (TPSA) is 108 Å². The summed E-state index contributed by atoms with van der Waals surface area (Å²) in [6.45, 7) is 8.45. The number of phenols is 1. The van der Waals surface area contributed by atoms with Gasteiger partial charge in [0, 0.05) is 18.2 Å². The number of para-hydroxylation sites is 1. The zero-order valence-corrected chi connectivity index (χ0v) is 20.1. The maximum atomic E-state index is 10.4.